The predicted octanol–water partition coefficient (Wildman–Crippen LogP) is 4.97. The van der Waals surface area contributed by atoms with Crippen LogP contribution in [0.1, 0.15) is 19.4 Å². The molecule has 1 aromatic carbocycles. The van der Waals surface area contributed by atoms with Crippen LogP contribution in [-0.2, 0) is 6.18 Å². The molecule has 84 valence electrons. The van der Waals surface area contributed by atoms with Gasteiger partial charge in [-0.1, -0.05) is 29.8 Å². The standard InChI is InChI=1S/C10H10BrF3S/c1-6(2)15-9-4-3-7(11)5-8(9)10(12,13)14/h3-6H,1-2H3. The zero-order valence-corrected chi connectivity index (χ0v) is 10.6. The van der Waals surface area contributed by atoms with Gasteiger partial charge in [-0.15, -0.1) is 11.8 Å². The lowest BCUT2D eigenvalue weighted by Gasteiger charge is -2.14. The first-order valence-electron chi connectivity index (χ1n) is 4.34. The summed E-state index contributed by atoms with van der Waals surface area (Å²) in [6.07, 6.45) is -4.29. The lowest BCUT2D eigenvalue weighted by Crippen LogP contribution is -2.07. The number of halogens is 4. The highest BCUT2D eigenvalue weighted by atomic mass is 79.9. The largest absolute Gasteiger partial charge is 0.417 e. The number of alkyl halides is 3. The molecule has 0 N–H and O–H groups in total. The highest BCUT2D eigenvalue weighted by Crippen LogP contribution is 2.39. The van der Waals surface area contributed by atoms with E-state index in [0.29, 0.717) is 4.47 Å². The van der Waals surface area contributed by atoms with Crippen LogP contribution in [0.5, 0.6) is 0 Å². The summed E-state index contributed by atoms with van der Waals surface area (Å²) < 4.78 is 38.4. The molecule has 0 saturated carbocycles. The Balaban J connectivity index is 3.15. The molecule has 0 heterocycles. The van der Waals surface area contributed by atoms with E-state index < -0.39 is 11.7 Å². The molecule has 0 atom stereocenters. The van der Waals surface area contributed by atoms with Gasteiger partial charge >= 0.3 is 6.18 Å². The van der Waals surface area contributed by atoms with Crippen LogP contribution in [0.3, 0.4) is 0 Å². The van der Waals surface area contributed by atoms with Crippen LogP contribution in [0.2, 0.25) is 0 Å². The predicted molar refractivity (Wildman–Crippen MR) is 60.1 cm³/mol. The normalized spacial score (nSPS) is 12.2. The van der Waals surface area contributed by atoms with Gasteiger partial charge in [0.1, 0.15) is 0 Å². The number of hydrogen-bond acceptors (Lipinski definition) is 1. The van der Waals surface area contributed by atoms with Gasteiger partial charge in [0.2, 0.25) is 0 Å². The molecule has 0 spiro atoms. The van der Waals surface area contributed by atoms with E-state index in [1.54, 1.807) is 6.07 Å². The summed E-state index contributed by atoms with van der Waals surface area (Å²) >= 11 is 4.27. The molecular formula is C10H10BrF3S. The van der Waals surface area contributed by atoms with E-state index in [1.807, 2.05) is 13.8 Å². The van der Waals surface area contributed by atoms with Gasteiger partial charge in [-0.3, -0.25) is 0 Å². The summed E-state index contributed by atoms with van der Waals surface area (Å²) in [6.45, 7) is 3.74. The van der Waals surface area contributed by atoms with Crippen molar-refractivity contribution in [3.63, 3.8) is 0 Å². The number of benzene rings is 1. The second-order valence-electron chi connectivity index (χ2n) is 3.30. The van der Waals surface area contributed by atoms with Crippen LogP contribution in [0, 0.1) is 0 Å². The monoisotopic (exact) mass is 298 g/mol. The van der Waals surface area contributed by atoms with E-state index >= 15 is 0 Å². The molecule has 0 bridgehead atoms. The van der Waals surface area contributed by atoms with Gasteiger partial charge in [-0.25, -0.2) is 0 Å². The topological polar surface area (TPSA) is 0 Å². The van der Waals surface area contributed by atoms with Crippen molar-refractivity contribution in [3.05, 3.63) is 28.2 Å². The Bertz CT molecular complexity index is 347. The van der Waals surface area contributed by atoms with Crippen molar-refractivity contribution in [2.45, 2.75) is 30.2 Å². The molecule has 0 aliphatic carbocycles. The van der Waals surface area contributed by atoms with E-state index in [-0.39, 0.29) is 10.1 Å². The highest BCUT2D eigenvalue weighted by molar-refractivity contribution is 9.10. The Hall–Kier alpha value is -0.160. The van der Waals surface area contributed by atoms with Gasteiger partial charge in [-0.05, 0) is 18.2 Å². The maximum atomic E-state index is 12.6. The summed E-state index contributed by atoms with van der Waals surface area (Å²) in [6, 6.07) is 4.24. The smallest absolute Gasteiger partial charge is 0.166 e. The van der Waals surface area contributed by atoms with Crippen LogP contribution in [0.25, 0.3) is 0 Å². The Morgan fingerprint density at radius 3 is 2.33 bits per heavy atom. The van der Waals surface area contributed by atoms with Gasteiger partial charge < -0.3 is 0 Å². The lowest BCUT2D eigenvalue weighted by atomic mass is 10.2. The first-order chi connectivity index (χ1) is 6.80. The van der Waals surface area contributed by atoms with Crippen LogP contribution in [0.4, 0.5) is 13.2 Å². The molecule has 0 aliphatic rings. The quantitative estimate of drug-likeness (QED) is 0.695. The molecule has 0 unspecified atom stereocenters. The molecule has 0 saturated heterocycles. The third kappa shape index (κ3) is 3.72. The van der Waals surface area contributed by atoms with Crippen LogP contribution in [0.15, 0.2) is 27.6 Å². The Kier molecular flexibility index (Phi) is 4.12. The maximum Gasteiger partial charge on any atom is 0.417 e. The highest BCUT2D eigenvalue weighted by Gasteiger charge is 2.33. The third-order valence-electron chi connectivity index (χ3n) is 1.61. The second-order valence-corrected chi connectivity index (χ2v) is 5.84. The zero-order valence-electron chi connectivity index (χ0n) is 8.23. The molecule has 0 aromatic heterocycles. The summed E-state index contributed by atoms with van der Waals surface area (Å²) in [5.74, 6) is 0. The van der Waals surface area contributed by atoms with Gasteiger partial charge in [0, 0.05) is 14.6 Å². The van der Waals surface area contributed by atoms with Crippen molar-refractivity contribution in [3.8, 4) is 0 Å². The summed E-state index contributed by atoms with van der Waals surface area (Å²) in [7, 11) is 0. The Morgan fingerprint density at radius 2 is 1.87 bits per heavy atom. The van der Waals surface area contributed by atoms with Gasteiger partial charge in [0.25, 0.3) is 0 Å². The van der Waals surface area contributed by atoms with Crippen molar-refractivity contribution in [1.29, 1.82) is 0 Å². The summed E-state index contributed by atoms with van der Waals surface area (Å²) in [4.78, 5) is 0.278. The van der Waals surface area contributed by atoms with Crippen LogP contribution >= 0.6 is 27.7 Å². The second kappa shape index (κ2) is 4.78. The molecule has 15 heavy (non-hydrogen) atoms. The lowest BCUT2D eigenvalue weighted by molar-refractivity contribution is -0.139. The summed E-state index contributed by atoms with van der Waals surface area (Å²) in [5.41, 5.74) is -0.574. The fraction of sp³-hybridized carbons (Fsp3) is 0.400. The van der Waals surface area contributed by atoms with Crippen molar-refractivity contribution in [2.24, 2.45) is 0 Å². The fourth-order valence-corrected chi connectivity index (χ4v) is 2.40. The van der Waals surface area contributed by atoms with Crippen molar-refractivity contribution in [1.82, 2.24) is 0 Å². The average Bonchev–Trinajstić information content (AvgIpc) is 2.05. The minimum atomic E-state index is -4.29. The minimum Gasteiger partial charge on any atom is -0.166 e. The Morgan fingerprint density at radius 1 is 1.27 bits per heavy atom. The molecule has 1 rings (SSSR count). The van der Waals surface area contributed by atoms with E-state index in [2.05, 4.69) is 15.9 Å². The molecule has 0 nitrogen and oxygen atoms in total. The third-order valence-corrected chi connectivity index (χ3v) is 3.18. The van der Waals surface area contributed by atoms with Crippen LogP contribution in [-0.4, -0.2) is 5.25 Å². The summed E-state index contributed by atoms with van der Waals surface area (Å²) in [5, 5.41) is 0.132. The van der Waals surface area contributed by atoms with E-state index in [4.69, 9.17) is 0 Å². The Labute approximate surface area is 99.4 Å². The molecule has 0 amide bonds. The maximum absolute atomic E-state index is 12.6. The average molecular weight is 299 g/mol. The first kappa shape index (κ1) is 12.9. The van der Waals surface area contributed by atoms with E-state index in [0.717, 1.165) is 6.07 Å². The molecule has 1 aromatic rings. The van der Waals surface area contributed by atoms with E-state index in [1.165, 1.54) is 17.8 Å². The van der Waals surface area contributed by atoms with Crippen molar-refractivity contribution >= 4 is 27.7 Å². The van der Waals surface area contributed by atoms with Gasteiger partial charge in [0.05, 0.1) is 5.56 Å². The van der Waals surface area contributed by atoms with Gasteiger partial charge in [-0.2, -0.15) is 13.2 Å². The van der Waals surface area contributed by atoms with Crippen LogP contribution < -0.4 is 0 Å². The van der Waals surface area contributed by atoms with E-state index in [9.17, 15) is 13.2 Å². The molecule has 5 heteroatoms. The zero-order chi connectivity index (χ0) is 11.6. The molecule has 0 aliphatic heterocycles. The number of thioether (sulfide) groups is 1. The SMILES string of the molecule is CC(C)Sc1ccc(Br)cc1C(F)(F)F. The van der Waals surface area contributed by atoms with Crippen molar-refractivity contribution in [2.75, 3.05) is 0 Å². The molecular weight excluding hydrogens is 289 g/mol. The minimum absolute atomic E-state index is 0.132. The number of hydrogen-bond donors (Lipinski definition) is 0. The van der Waals surface area contributed by atoms with Crippen molar-refractivity contribution < 1.29 is 13.2 Å². The first-order valence-corrected chi connectivity index (χ1v) is 6.01. The fourth-order valence-electron chi connectivity index (χ4n) is 1.08. The van der Waals surface area contributed by atoms with Gasteiger partial charge in [0.15, 0.2) is 0 Å². The number of rotatable bonds is 2. The molecule has 0 fully saturated rings. The molecule has 0 radical (unpaired) electrons.